The first-order valence-electron chi connectivity index (χ1n) is 6.29. The monoisotopic (exact) mass is 216 g/mol. The lowest BCUT2D eigenvalue weighted by Crippen LogP contribution is -2.27. The van der Waals surface area contributed by atoms with Gasteiger partial charge in [0.15, 0.2) is 0 Å². The Bertz CT molecular complexity index is 400. The van der Waals surface area contributed by atoms with Crippen molar-refractivity contribution in [1.82, 2.24) is 4.90 Å². The van der Waals surface area contributed by atoms with Crippen LogP contribution in [0.3, 0.4) is 0 Å². The van der Waals surface area contributed by atoms with Crippen LogP contribution in [0.2, 0.25) is 0 Å². The van der Waals surface area contributed by atoms with Crippen molar-refractivity contribution in [3.05, 3.63) is 29.3 Å². The van der Waals surface area contributed by atoms with Gasteiger partial charge in [-0.1, -0.05) is 17.7 Å². The molecular formula is C14H20N2. The number of hydrogen-bond acceptors (Lipinski definition) is 2. The van der Waals surface area contributed by atoms with Crippen LogP contribution in [0.1, 0.15) is 29.9 Å². The van der Waals surface area contributed by atoms with Gasteiger partial charge in [0.05, 0.1) is 0 Å². The third kappa shape index (κ3) is 1.61. The summed E-state index contributed by atoms with van der Waals surface area (Å²) in [6.45, 7) is 4.64. The summed E-state index contributed by atoms with van der Waals surface area (Å²) in [6.07, 6.45) is 2.63. The third-order valence-corrected chi connectivity index (χ3v) is 4.00. The van der Waals surface area contributed by atoms with Gasteiger partial charge < -0.3 is 10.2 Å². The van der Waals surface area contributed by atoms with Crippen molar-refractivity contribution in [1.29, 1.82) is 0 Å². The van der Waals surface area contributed by atoms with Gasteiger partial charge in [-0.25, -0.2) is 0 Å². The molecule has 2 atom stereocenters. The Morgan fingerprint density at radius 2 is 2.25 bits per heavy atom. The second kappa shape index (κ2) is 3.77. The summed E-state index contributed by atoms with van der Waals surface area (Å²) < 4.78 is 0. The van der Waals surface area contributed by atoms with E-state index in [1.165, 1.54) is 37.2 Å². The molecule has 2 nitrogen and oxygen atoms in total. The summed E-state index contributed by atoms with van der Waals surface area (Å²) >= 11 is 0. The number of aryl methyl sites for hydroxylation is 1. The fraction of sp³-hybridized carbons (Fsp3) is 0.571. The molecule has 1 fully saturated rings. The molecule has 0 spiro atoms. The van der Waals surface area contributed by atoms with E-state index in [4.69, 9.17) is 0 Å². The van der Waals surface area contributed by atoms with Crippen LogP contribution < -0.4 is 5.32 Å². The fourth-order valence-corrected chi connectivity index (χ4v) is 3.14. The first-order chi connectivity index (χ1) is 7.74. The number of likely N-dealkylation sites (N-methyl/N-ethyl adjacent to an activating group) is 1. The van der Waals surface area contributed by atoms with Crippen molar-refractivity contribution in [2.45, 2.75) is 31.7 Å². The molecule has 0 saturated carbocycles. The molecule has 2 aliphatic heterocycles. The van der Waals surface area contributed by atoms with E-state index in [2.05, 4.69) is 42.4 Å². The van der Waals surface area contributed by atoms with Gasteiger partial charge in [0.2, 0.25) is 0 Å². The van der Waals surface area contributed by atoms with Gasteiger partial charge in [0.1, 0.15) is 0 Å². The number of anilines is 1. The molecule has 0 aliphatic carbocycles. The molecule has 1 unspecified atom stereocenters. The molecule has 1 N–H and O–H groups in total. The lowest BCUT2D eigenvalue weighted by Gasteiger charge is -2.20. The Morgan fingerprint density at radius 1 is 1.38 bits per heavy atom. The van der Waals surface area contributed by atoms with Crippen LogP contribution in [0.4, 0.5) is 5.69 Å². The Kier molecular flexibility index (Phi) is 2.40. The first kappa shape index (κ1) is 10.2. The predicted octanol–water partition coefficient (Wildman–Crippen LogP) is 2.60. The Hall–Kier alpha value is -1.02. The number of benzene rings is 1. The molecule has 1 aromatic carbocycles. The van der Waals surface area contributed by atoms with Crippen LogP contribution in [0, 0.1) is 6.92 Å². The van der Waals surface area contributed by atoms with Gasteiger partial charge in [-0.05, 0) is 45.0 Å². The van der Waals surface area contributed by atoms with E-state index in [9.17, 15) is 0 Å². The zero-order valence-corrected chi connectivity index (χ0v) is 10.2. The molecule has 2 heteroatoms. The smallest absolute Gasteiger partial charge is 0.0379 e. The number of fused-ring (bicyclic) bond motifs is 3. The van der Waals surface area contributed by atoms with Crippen LogP contribution >= 0.6 is 0 Å². The molecule has 1 aromatic rings. The summed E-state index contributed by atoms with van der Waals surface area (Å²) in [4.78, 5) is 2.48. The highest BCUT2D eigenvalue weighted by Gasteiger charge is 2.33. The molecule has 2 heterocycles. The lowest BCUT2D eigenvalue weighted by molar-refractivity contribution is 0.332. The lowest BCUT2D eigenvalue weighted by atomic mass is 9.92. The molecule has 1 saturated heterocycles. The third-order valence-electron chi connectivity index (χ3n) is 4.00. The average Bonchev–Trinajstić information content (AvgIpc) is 2.47. The molecule has 0 aromatic heterocycles. The average molecular weight is 216 g/mol. The number of rotatable bonds is 0. The van der Waals surface area contributed by atoms with Gasteiger partial charge >= 0.3 is 0 Å². The minimum atomic E-state index is 0.668. The highest BCUT2D eigenvalue weighted by atomic mass is 15.1. The summed E-state index contributed by atoms with van der Waals surface area (Å²) in [6, 6.07) is 7.49. The number of hydrogen-bond donors (Lipinski definition) is 1. The quantitative estimate of drug-likeness (QED) is 0.717. The van der Waals surface area contributed by atoms with E-state index >= 15 is 0 Å². The van der Waals surface area contributed by atoms with E-state index in [1.54, 1.807) is 5.56 Å². The standard InChI is InChI=1S/C14H20N2/c1-10-5-6-14-11(8-10)12-9-16(2)7-3-4-13(12)15-14/h5-6,8,12-13,15H,3-4,7,9H2,1-2H3/t12-,13?/m0/s1. The van der Waals surface area contributed by atoms with Crippen LogP contribution in [-0.4, -0.2) is 31.1 Å². The molecule has 3 rings (SSSR count). The van der Waals surface area contributed by atoms with Crippen molar-refractivity contribution in [3.8, 4) is 0 Å². The van der Waals surface area contributed by atoms with Crippen LogP contribution in [-0.2, 0) is 0 Å². The minimum Gasteiger partial charge on any atom is -0.381 e. The van der Waals surface area contributed by atoms with Gasteiger partial charge in [-0.3, -0.25) is 0 Å². The second-order valence-corrected chi connectivity index (χ2v) is 5.35. The van der Waals surface area contributed by atoms with Gasteiger partial charge in [0, 0.05) is 24.2 Å². The van der Waals surface area contributed by atoms with Crippen LogP contribution in [0.25, 0.3) is 0 Å². The van der Waals surface area contributed by atoms with E-state index < -0.39 is 0 Å². The number of nitrogens with zero attached hydrogens (tertiary/aromatic N) is 1. The fourth-order valence-electron chi connectivity index (χ4n) is 3.14. The SMILES string of the molecule is Cc1ccc2c(c1)[C@@H]1CN(C)CCCC1N2. The topological polar surface area (TPSA) is 15.3 Å². The van der Waals surface area contributed by atoms with Gasteiger partial charge in [-0.2, -0.15) is 0 Å². The van der Waals surface area contributed by atoms with Crippen molar-refractivity contribution < 1.29 is 0 Å². The van der Waals surface area contributed by atoms with Crippen molar-refractivity contribution in [2.75, 3.05) is 25.5 Å². The van der Waals surface area contributed by atoms with Crippen molar-refractivity contribution in [3.63, 3.8) is 0 Å². The molecule has 0 radical (unpaired) electrons. The van der Waals surface area contributed by atoms with Gasteiger partial charge in [0.25, 0.3) is 0 Å². The zero-order valence-electron chi connectivity index (χ0n) is 10.2. The molecule has 2 aliphatic rings. The normalized spacial score (nSPS) is 29.1. The molecule has 0 bridgehead atoms. The molecule has 0 amide bonds. The molecular weight excluding hydrogens is 196 g/mol. The van der Waals surface area contributed by atoms with Crippen molar-refractivity contribution >= 4 is 5.69 Å². The van der Waals surface area contributed by atoms with E-state index in [0.717, 1.165) is 0 Å². The Balaban J connectivity index is 1.97. The van der Waals surface area contributed by atoms with E-state index in [1.807, 2.05) is 0 Å². The highest BCUT2D eigenvalue weighted by molar-refractivity contribution is 5.60. The maximum atomic E-state index is 3.70. The Morgan fingerprint density at radius 3 is 3.12 bits per heavy atom. The van der Waals surface area contributed by atoms with Gasteiger partial charge in [-0.15, -0.1) is 0 Å². The maximum Gasteiger partial charge on any atom is 0.0379 e. The summed E-state index contributed by atoms with van der Waals surface area (Å²) in [7, 11) is 2.25. The highest BCUT2D eigenvalue weighted by Crippen LogP contribution is 2.39. The van der Waals surface area contributed by atoms with E-state index in [-0.39, 0.29) is 0 Å². The number of likely N-dealkylation sites (tertiary alicyclic amines) is 1. The summed E-state index contributed by atoms with van der Waals surface area (Å²) in [5, 5.41) is 3.70. The minimum absolute atomic E-state index is 0.668. The van der Waals surface area contributed by atoms with E-state index in [0.29, 0.717) is 12.0 Å². The molecule has 86 valence electrons. The maximum absolute atomic E-state index is 3.70. The zero-order chi connectivity index (χ0) is 11.1. The molecule has 16 heavy (non-hydrogen) atoms. The predicted molar refractivity (Wildman–Crippen MR) is 68.1 cm³/mol. The Labute approximate surface area is 97.6 Å². The van der Waals surface area contributed by atoms with Crippen LogP contribution in [0.15, 0.2) is 18.2 Å². The van der Waals surface area contributed by atoms with Crippen molar-refractivity contribution in [2.24, 2.45) is 0 Å². The second-order valence-electron chi connectivity index (χ2n) is 5.35. The first-order valence-corrected chi connectivity index (χ1v) is 6.29. The largest absolute Gasteiger partial charge is 0.381 e. The number of nitrogens with one attached hydrogen (secondary N) is 1. The summed E-state index contributed by atoms with van der Waals surface area (Å²) in [5.74, 6) is 0.697. The van der Waals surface area contributed by atoms with Crippen LogP contribution in [0.5, 0.6) is 0 Å². The summed E-state index contributed by atoms with van der Waals surface area (Å²) in [5.41, 5.74) is 4.29.